The van der Waals surface area contributed by atoms with Crippen LogP contribution in [-0.4, -0.2) is 31.1 Å². The molecule has 0 aliphatic heterocycles. The standard InChI is InChI=1S/C20H21F2N3O2S/c1-13(2)28-19-16(4-3-9-23-19)15-7-8-20(22,17(21)10-15)25-12-14(11-24-25)5-6-18(26)27/h3-4,7,9-13H,5-6,8H2,1-2H3,(H,26,27). The average molecular weight is 405 g/mol. The van der Waals surface area contributed by atoms with Crippen molar-refractivity contribution >= 4 is 23.3 Å². The summed E-state index contributed by atoms with van der Waals surface area (Å²) in [4.78, 5) is 15.0. The van der Waals surface area contributed by atoms with E-state index < -0.39 is 17.6 Å². The first kappa shape index (κ1) is 20.3. The van der Waals surface area contributed by atoms with Gasteiger partial charge in [-0.15, -0.1) is 11.8 Å². The smallest absolute Gasteiger partial charge is 0.303 e. The summed E-state index contributed by atoms with van der Waals surface area (Å²) >= 11 is 1.56. The van der Waals surface area contributed by atoms with Crippen molar-refractivity contribution in [3.63, 3.8) is 0 Å². The van der Waals surface area contributed by atoms with Gasteiger partial charge in [0.1, 0.15) is 5.03 Å². The van der Waals surface area contributed by atoms with Crippen LogP contribution in [0.15, 0.2) is 53.7 Å². The molecule has 1 aliphatic carbocycles. The molecule has 0 amide bonds. The van der Waals surface area contributed by atoms with Crippen LogP contribution in [-0.2, 0) is 17.0 Å². The number of hydrogen-bond donors (Lipinski definition) is 1. The van der Waals surface area contributed by atoms with Crippen molar-refractivity contribution in [2.75, 3.05) is 0 Å². The largest absolute Gasteiger partial charge is 0.481 e. The Hall–Kier alpha value is -2.48. The third kappa shape index (κ3) is 4.32. The van der Waals surface area contributed by atoms with E-state index in [0.717, 1.165) is 15.3 Å². The molecule has 148 valence electrons. The van der Waals surface area contributed by atoms with Gasteiger partial charge in [-0.05, 0) is 29.7 Å². The number of carboxylic acid groups (broad SMARTS) is 1. The van der Waals surface area contributed by atoms with E-state index in [2.05, 4.69) is 10.1 Å². The lowest BCUT2D eigenvalue weighted by Gasteiger charge is -2.27. The molecule has 1 aliphatic rings. The van der Waals surface area contributed by atoms with Gasteiger partial charge >= 0.3 is 5.97 Å². The van der Waals surface area contributed by atoms with Crippen LogP contribution in [0.5, 0.6) is 0 Å². The van der Waals surface area contributed by atoms with Crippen LogP contribution < -0.4 is 0 Å². The Bertz CT molecular complexity index is 939. The van der Waals surface area contributed by atoms with Crippen LogP contribution in [0.4, 0.5) is 8.78 Å². The second-order valence-electron chi connectivity index (χ2n) is 6.82. The van der Waals surface area contributed by atoms with Crippen LogP contribution >= 0.6 is 11.8 Å². The molecule has 2 aromatic heterocycles. The van der Waals surface area contributed by atoms with Gasteiger partial charge < -0.3 is 5.11 Å². The van der Waals surface area contributed by atoms with Crippen LogP contribution in [0.25, 0.3) is 5.57 Å². The molecule has 3 rings (SSSR count). The number of alkyl halides is 1. The lowest BCUT2D eigenvalue weighted by molar-refractivity contribution is -0.136. The maximum absolute atomic E-state index is 15.4. The molecular weight excluding hydrogens is 384 g/mol. The van der Waals surface area contributed by atoms with Gasteiger partial charge in [-0.3, -0.25) is 4.79 Å². The van der Waals surface area contributed by atoms with Gasteiger partial charge in [0.2, 0.25) is 0 Å². The van der Waals surface area contributed by atoms with Crippen molar-refractivity contribution in [3.8, 4) is 0 Å². The molecule has 0 spiro atoms. The highest BCUT2D eigenvalue weighted by molar-refractivity contribution is 7.99. The van der Waals surface area contributed by atoms with Gasteiger partial charge in [0.15, 0.2) is 5.83 Å². The average Bonchev–Trinajstić information content (AvgIpc) is 3.12. The number of aryl methyl sites for hydroxylation is 1. The predicted octanol–water partition coefficient (Wildman–Crippen LogP) is 4.76. The summed E-state index contributed by atoms with van der Waals surface area (Å²) in [7, 11) is 0. The summed E-state index contributed by atoms with van der Waals surface area (Å²) in [5.74, 6) is -4.31. The van der Waals surface area contributed by atoms with Crippen molar-refractivity contribution in [1.29, 1.82) is 0 Å². The number of thioether (sulfide) groups is 1. The van der Waals surface area contributed by atoms with E-state index in [-0.39, 0.29) is 19.3 Å². The fourth-order valence-corrected chi connectivity index (χ4v) is 3.78. The molecule has 0 fully saturated rings. The third-order valence-corrected chi connectivity index (χ3v) is 5.32. The van der Waals surface area contributed by atoms with Crippen molar-refractivity contribution < 1.29 is 18.7 Å². The van der Waals surface area contributed by atoms with E-state index in [9.17, 15) is 9.18 Å². The lowest BCUT2D eigenvalue weighted by atomic mass is 9.95. The predicted molar refractivity (Wildman–Crippen MR) is 104 cm³/mol. The van der Waals surface area contributed by atoms with Crippen LogP contribution in [0.1, 0.15) is 37.8 Å². The highest BCUT2D eigenvalue weighted by atomic mass is 32.2. The summed E-state index contributed by atoms with van der Waals surface area (Å²) in [6, 6.07) is 3.61. The van der Waals surface area contributed by atoms with Gasteiger partial charge in [-0.25, -0.2) is 18.4 Å². The van der Waals surface area contributed by atoms with Gasteiger partial charge in [0.25, 0.3) is 5.79 Å². The van der Waals surface area contributed by atoms with Gasteiger partial charge in [0, 0.05) is 36.0 Å². The molecule has 28 heavy (non-hydrogen) atoms. The summed E-state index contributed by atoms with van der Waals surface area (Å²) in [6.45, 7) is 4.09. The molecule has 1 unspecified atom stereocenters. The first-order valence-electron chi connectivity index (χ1n) is 8.94. The molecule has 0 radical (unpaired) electrons. The minimum atomic E-state index is -2.42. The monoisotopic (exact) mass is 405 g/mol. The van der Waals surface area contributed by atoms with Crippen molar-refractivity contribution in [3.05, 3.63) is 59.8 Å². The number of carbonyl (C=O) groups is 1. The van der Waals surface area contributed by atoms with E-state index >= 15 is 4.39 Å². The summed E-state index contributed by atoms with van der Waals surface area (Å²) in [5, 5.41) is 13.7. The van der Waals surface area contributed by atoms with E-state index in [0.29, 0.717) is 16.4 Å². The molecule has 2 aromatic rings. The maximum Gasteiger partial charge on any atom is 0.303 e. The number of rotatable bonds is 7. The molecule has 1 atom stereocenters. The molecular formula is C20H21F2N3O2S. The molecule has 0 aromatic carbocycles. The fourth-order valence-electron chi connectivity index (χ4n) is 2.90. The van der Waals surface area contributed by atoms with Crippen LogP contribution in [0.2, 0.25) is 0 Å². The number of aliphatic carboxylic acids is 1. The minimum absolute atomic E-state index is 0.0926. The van der Waals surface area contributed by atoms with E-state index in [1.54, 1.807) is 30.1 Å². The molecule has 0 saturated carbocycles. The molecule has 2 heterocycles. The number of carboxylic acids is 1. The Morgan fingerprint density at radius 1 is 1.46 bits per heavy atom. The van der Waals surface area contributed by atoms with Crippen molar-refractivity contribution in [1.82, 2.24) is 14.8 Å². The third-order valence-electron chi connectivity index (χ3n) is 4.30. The molecule has 1 N–H and O–H groups in total. The van der Waals surface area contributed by atoms with E-state index in [4.69, 9.17) is 5.11 Å². The number of allylic oxidation sites excluding steroid dienone is 4. The summed E-state index contributed by atoms with van der Waals surface area (Å²) < 4.78 is 31.1. The molecule has 0 bridgehead atoms. The van der Waals surface area contributed by atoms with Crippen molar-refractivity contribution in [2.24, 2.45) is 0 Å². The summed E-state index contributed by atoms with van der Waals surface area (Å²) in [5.41, 5.74) is 1.89. The van der Waals surface area contributed by atoms with Gasteiger partial charge in [0.05, 0.1) is 6.20 Å². The SMILES string of the molecule is CC(C)Sc1ncccc1C1=CCC(F)(n2cc(CCC(=O)O)cn2)C(F)=C1. The molecule has 5 nitrogen and oxygen atoms in total. The number of halogens is 2. The maximum atomic E-state index is 15.4. The zero-order valence-corrected chi connectivity index (χ0v) is 16.4. The Kier molecular flexibility index (Phi) is 5.98. The zero-order valence-electron chi connectivity index (χ0n) is 15.6. The first-order valence-corrected chi connectivity index (χ1v) is 9.82. The Balaban J connectivity index is 1.84. The van der Waals surface area contributed by atoms with E-state index in [1.807, 2.05) is 19.9 Å². The van der Waals surface area contributed by atoms with Gasteiger partial charge in [-0.1, -0.05) is 26.0 Å². The highest BCUT2D eigenvalue weighted by Crippen LogP contribution is 2.41. The Morgan fingerprint density at radius 3 is 2.93 bits per heavy atom. The normalized spacial score (nSPS) is 19.5. The van der Waals surface area contributed by atoms with Crippen LogP contribution in [0.3, 0.4) is 0 Å². The van der Waals surface area contributed by atoms with Crippen LogP contribution in [0, 0.1) is 0 Å². The minimum Gasteiger partial charge on any atom is -0.481 e. The number of pyridine rings is 1. The Morgan fingerprint density at radius 2 is 2.25 bits per heavy atom. The van der Waals surface area contributed by atoms with E-state index in [1.165, 1.54) is 18.5 Å². The quantitative estimate of drug-likeness (QED) is 0.673. The number of hydrogen-bond acceptors (Lipinski definition) is 4. The fraction of sp³-hybridized carbons (Fsp3) is 0.350. The Labute approximate surface area is 166 Å². The highest BCUT2D eigenvalue weighted by Gasteiger charge is 2.40. The topological polar surface area (TPSA) is 68.0 Å². The first-order chi connectivity index (χ1) is 13.3. The second kappa shape index (κ2) is 8.26. The number of aromatic nitrogens is 3. The van der Waals surface area contributed by atoms with Crippen molar-refractivity contribution in [2.45, 2.75) is 49.2 Å². The zero-order chi connectivity index (χ0) is 20.3. The number of nitrogens with zero attached hydrogens (tertiary/aromatic N) is 3. The van der Waals surface area contributed by atoms with Gasteiger partial charge in [-0.2, -0.15) is 5.10 Å². The molecule has 8 heteroatoms. The second-order valence-corrected chi connectivity index (χ2v) is 8.39. The summed E-state index contributed by atoms with van der Waals surface area (Å²) in [6.07, 6.45) is 7.14. The lowest BCUT2D eigenvalue weighted by Crippen LogP contribution is -2.31. The molecule has 0 saturated heterocycles.